The van der Waals surface area contributed by atoms with Crippen LogP contribution in [0.4, 0.5) is 0 Å². The minimum Gasteiger partial charge on any atom is -0.343 e. The standard InChI is InChI=1S/C9H10ClN3/c1-2-7(10)6-3-4-11-9-8(6)12-5-13-9/h3-5,7H,2H2,1H3,(H,11,12,13). The number of fused-ring (bicyclic) bond motifs is 1. The number of alkyl halides is 1. The molecule has 3 nitrogen and oxygen atoms in total. The van der Waals surface area contributed by atoms with E-state index in [9.17, 15) is 0 Å². The molecule has 1 atom stereocenters. The van der Waals surface area contributed by atoms with Gasteiger partial charge in [-0.2, -0.15) is 0 Å². The van der Waals surface area contributed by atoms with Crippen LogP contribution in [0, 0.1) is 0 Å². The summed E-state index contributed by atoms with van der Waals surface area (Å²) in [6.07, 6.45) is 4.28. The van der Waals surface area contributed by atoms with Gasteiger partial charge in [0.2, 0.25) is 0 Å². The number of aromatic amines is 1. The average molecular weight is 196 g/mol. The molecule has 2 rings (SSSR count). The van der Waals surface area contributed by atoms with Crippen LogP contribution in [0.25, 0.3) is 11.2 Å². The van der Waals surface area contributed by atoms with E-state index in [1.165, 1.54) is 0 Å². The van der Waals surface area contributed by atoms with Crippen LogP contribution < -0.4 is 0 Å². The minimum atomic E-state index is 0.0333. The summed E-state index contributed by atoms with van der Waals surface area (Å²) in [6, 6.07) is 1.93. The summed E-state index contributed by atoms with van der Waals surface area (Å²) < 4.78 is 0. The Bertz CT molecular complexity index is 410. The number of imidazole rings is 1. The Morgan fingerprint density at radius 3 is 3.15 bits per heavy atom. The van der Waals surface area contributed by atoms with Crippen LogP contribution in [-0.2, 0) is 0 Å². The Labute approximate surface area is 81.2 Å². The van der Waals surface area contributed by atoms with Gasteiger partial charge in [0.05, 0.1) is 17.2 Å². The van der Waals surface area contributed by atoms with Crippen LogP contribution in [-0.4, -0.2) is 15.0 Å². The smallest absolute Gasteiger partial charge is 0.177 e. The molecule has 0 aliphatic rings. The Balaban J connectivity index is 2.60. The lowest BCUT2D eigenvalue weighted by Gasteiger charge is -2.06. The number of hydrogen-bond donors (Lipinski definition) is 1. The van der Waals surface area contributed by atoms with Crippen molar-refractivity contribution in [1.82, 2.24) is 15.0 Å². The SMILES string of the molecule is CCC(Cl)c1ccnc2nc[nH]c12. The zero-order valence-electron chi connectivity index (χ0n) is 7.29. The van der Waals surface area contributed by atoms with Crippen molar-refractivity contribution in [1.29, 1.82) is 0 Å². The number of nitrogens with zero attached hydrogens (tertiary/aromatic N) is 2. The highest BCUT2D eigenvalue weighted by atomic mass is 35.5. The number of pyridine rings is 1. The molecule has 0 aliphatic heterocycles. The van der Waals surface area contributed by atoms with E-state index in [1.807, 2.05) is 6.07 Å². The van der Waals surface area contributed by atoms with Gasteiger partial charge in [0.1, 0.15) is 0 Å². The third-order valence-corrected chi connectivity index (χ3v) is 2.60. The zero-order chi connectivity index (χ0) is 9.26. The first kappa shape index (κ1) is 8.51. The second kappa shape index (κ2) is 3.34. The molecule has 0 saturated carbocycles. The summed E-state index contributed by atoms with van der Waals surface area (Å²) >= 11 is 6.15. The molecule has 0 aliphatic carbocycles. The first-order valence-electron chi connectivity index (χ1n) is 4.25. The summed E-state index contributed by atoms with van der Waals surface area (Å²) in [5.74, 6) is 0. The predicted octanol–water partition coefficient (Wildman–Crippen LogP) is 2.65. The van der Waals surface area contributed by atoms with Gasteiger partial charge < -0.3 is 4.98 Å². The lowest BCUT2D eigenvalue weighted by Crippen LogP contribution is -1.91. The van der Waals surface area contributed by atoms with Gasteiger partial charge in [0.15, 0.2) is 5.65 Å². The van der Waals surface area contributed by atoms with Gasteiger partial charge in [0.25, 0.3) is 0 Å². The van der Waals surface area contributed by atoms with Crippen molar-refractivity contribution in [3.8, 4) is 0 Å². The molecular formula is C9H10ClN3. The molecule has 0 aromatic carbocycles. The highest BCUT2D eigenvalue weighted by Gasteiger charge is 2.10. The predicted molar refractivity (Wildman–Crippen MR) is 52.8 cm³/mol. The zero-order valence-corrected chi connectivity index (χ0v) is 8.04. The van der Waals surface area contributed by atoms with E-state index in [2.05, 4.69) is 21.9 Å². The summed E-state index contributed by atoms with van der Waals surface area (Å²) in [4.78, 5) is 11.2. The fourth-order valence-electron chi connectivity index (χ4n) is 1.35. The Hall–Kier alpha value is -1.09. The van der Waals surface area contributed by atoms with Crippen LogP contribution in [0.2, 0.25) is 0 Å². The third kappa shape index (κ3) is 1.40. The Kier molecular flexibility index (Phi) is 2.19. The van der Waals surface area contributed by atoms with E-state index >= 15 is 0 Å². The van der Waals surface area contributed by atoms with E-state index in [4.69, 9.17) is 11.6 Å². The largest absolute Gasteiger partial charge is 0.343 e. The molecule has 13 heavy (non-hydrogen) atoms. The van der Waals surface area contributed by atoms with Crippen molar-refractivity contribution in [3.05, 3.63) is 24.2 Å². The average Bonchev–Trinajstić information content (AvgIpc) is 2.63. The van der Waals surface area contributed by atoms with Crippen molar-refractivity contribution < 1.29 is 0 Å². The van der Waals surface area contributed by atoms with E-state index in [1.54, 1.807) is 12.5 Å². The number of hydrogen-bond acceptors (Lipinski definition) is 2. The summed E-state index contributed by atoms with van der Waals surface area (Å²) in [5.41, 5.74) is 2.76. The number of nitrogens with one attached hydrogen (secondary N) is 1. The molecule has 0 radical (unpaired) electrons. The van der Waals surface area contributed by atoms with Crippen LogP contribution in [0.5, 0.6) is 0 Å². The first-order valence-corrected chi connectivity index (χ1v) is 4.68. The van der Waals surface area contributed by atoms with Gasteiger partial charge >= 0.3 is 0 Å². The maximum absolute atomic E-state index is 6.15. The fraction of sp³-hybridized carbons (Fsp3) is 0.333. The molecule has 2 aromatic rings. The molecule has 0 amide bonds. The van der Waals surface area contributed by atoms with Gasteiger partial charge in [-0.25, -0.2) is 9.97 Å². The number of halogens is 1. The molecular weight excluding hydrogens is 186 g/mol. The van der Waals surface area contributed by atoms with Gasteiger partial charge in [0, 0.05) is 6.20 Å². The van der Waals surface area contributed by atoms with Crippen molar-refractivity contribution in [2.24, 2.45) is 0 Å². The van der Waals surface area contributed by atoms with Gasteiger partial charge in [-0.15, -0.1) is 11.6 Å². The number of rotatable bonds is 2. The van der Waals surface area contributed by atoms with Crippen LogP contribution in [0.15, 0.2) is 18.6 Å². The second-order valence-corrected chi connectivity index (χ2v) is 3.40. The van der Waals surface area contributed by atoms with Gasteiger partial charge in [-0.1, -0.05) is 6.92 Å². The van der Waals surface area contributed by atoms with E-state index in [0.29, 0.717) is 0 Å². The molecule has 0 fully saturated rings. The Morgan fingerprint density at radius 2 is 2.38 bits per heavy atom. The third-order valence-electron chi connectivity index (χ3n) is 2.05. The molecule has 4 heteroatoms. The van der Waals surface area contributed by atoms with Crippen molar-refractivity contribution in [2.75, 3.05) is 0 Å². The second-order valence-electron chi connectivity index (χ2n) is 2.88. The summed E-state index contributed by atoms with van der Waals surface area (Å²) in [7, 11) is 0. The molecule has 0 saturated heterocycles. The van der Waals surface area contributed by atoms with Crippen molar-refractivity contribution in [2.45, 2.75) is 18.7 Å². The van der Waals surface area contributed by atoms with E-state index < -0.39 is 0 Å². The summed E-state index contributed by atoms with van der Waals surface area (Å²) in [5, 5.41) is 0.0333. The van der Waals surface area contributed by atoms with Gasteiger partial charge in [-0.3, -0.25) is 0 Å². The van der Waals surface area contributed by atoms with E-state index in [-0.39, 0.29) is 5.38 Å². The first-order chi connectivity index (χ1) is 6.33. The van der Waals surface area contributed by atoms with Crippen molar-refractivity contribution in [3.63, 3.8) is 0 Å². The van der Waals surface area contributed by atoms with Crippen LogP contribution in [0.3, 0.4) is 0 Å². The highest BCUT2D eigenvalue weighted by Crippen LogP contribution is 2.27. The van der Waals surface area contributed by atoms with Crippen LogP contribution >= 0.6 is 11.6 Å². The molecule has 68 valence electrons. The molecule has 1 unspecified atom stereocenters. The molecule has 2 aromatic heterocycles. The summed E-state index contributed by atoms with van der Waals surface area (Å²) in [6.45, 7) is 2.06. The normalized spacial score (nSPS) is 13.4. The maximum atomic E-state index is 6.15. The van der Waals surface area contributed by atoms with Crippen molar-refractivity contribution >= 4 is 22.8 Å². The number of H-pyrrole nitrogens is 1. The minimum absolute atomic E-state index is 0.0333. The quantitative estimate of drug-likeness (QED) is 0.749. The number of aromatic nitrogens is 3. The topological polar surface area (TPSA) is 41.6 Å². The Morgan fingerprint density at radius 1 is 1.54 bits per heavy atom. The fourth-order valence-corrected chi connectivity index (χ4v) is 1.53. The molecule has 2 heterocycles. The monoisotopic (exact) mass is 195 g/mol. The lowest BCUT2D eigenvalue weighted by molar-refractivity contribution is 0.887. The van der Waals surface area contributed by atoms with Gasteiger partial charge in [-0.05, 0) is 18.1 Å². The molecule has 1 N–H and O–H groups in total. The van der Waals surface area contributed by atoms with E-state index in [0.717, 1.165) is 23.1 Å². The van der Waals surface area contributed by atoms with Crippen LogP contribution in [0.1, 0.15) is 24.3 Å². The highest BCUT2D eigenvalue weighted by molar-refractivity contribution is 6.21. The molecule has 0 bridgehead atoms. The molecule has 0 spiro atoms. The maximum Gasteiger partial charge on any atom is 0.177 e. The lowest BCUT2D eigenvalue weighted by atomic mass is 10.1.